The van der Waals surface area contributed by atoms with Gasteiger partial charge in [0.25, 0.3) is 0 Å². The maximum absolute atomic E-state index is 9.38. The number of rotatable bonds is 6. The van der Waals surface area contributed by atoms with E-state index in [2.05, 4.69) is 50.4 Å². The van der Waals surface area contributed by atoms with E-state index in [1.54, 1.807) is 0 Å². The largest absolute Gasteiger partial charge is 0.390 e. The highest BCUT2D eigenvalue weighted by Crippen LogP contribution is 2.22. The number of nitrogens with one attached hydrogen (secondary N) is 1. The standard InChI is InChI=1S/C14H24N2O/c1-11-5-4-6-12(7-11)14(2,3)10-16-9-13(17)8-15/h4-7,13,16-17H,8-10,15H2,1-3H3. The first kappa shape index (κ1) is 14.2. The van der Waals surface area contributed by atoms with Crippen LogP contribution in [0.3, 0.4) is 0 Å². The van der Waals surface area contributed by atoms with Crippen LogP contribution in [0.4, 0.5) is 0 Å². The fourth-order valence-electron chi connectivity index (χ4n) is 1.80. The van der Waals surface area contributed by atoms with Gasteiger partial charge in [0.1, 0.15) is 0 Å². The molecular formula is C14H24N2O. The van der Waals surface area contributed by atoms with Crippen LogP contribution in [0.2, 0.25) is 0 Å². The lowest BCUT2D eigenvalue weighted by atomic mass is 9.84. The number of benzene rings is 1. The lowest BCUT2D eigenvalue weighted by Gasteiger charge is -2.26. The van der Waals surface area contributed by atoms with E-state index in [1.165, 1.54) is 11.1 Å². The molecule has 0 radical (unpaired) electrons. The molecule has 1 atom stereocenters. The first-order valence-corrected chi connectivity index (χ1v) is 6.11. The van der Waals surface area contributed by atoms with Gasteiger partial charge in [-0.05, 0) is 12.5 Å². The van der Waals surface area contributed by atoms with Crippen LogP contribution in [0.5, 0.6) is 0 Å². The molecule has 3 heteroatoms. The molecule has 0 saturated heterocycles. The van der Waals surface area contributed by atoms with Crippen LogP contribution in [0.1, 0.15) is 25.0 Å². The molecule has 1 aromatic rings. The Kier molecular flexibility index (Phi) is 5.12. The van der Waals surface area contributed by atoms with Crippen molar-refractivity contribution in [2.24, 2.45) is 5.73 Å². The molecule has 0 aliphatic rings. The summed E-state index contributed by atoms with van der Waals surface area (Å²) in [6.07, 6.45) is -0.455. The van der Waals surface area contributed by atoms with E-state index >= 15 is 0 Å². The van der Waals surface area contributed by atoms with Gasteiger partial charge >= 0.3 is 0 Å². The van der Waals surface area contributed by atoms with Crippen molar-refractivity contribution in [2.75, 3.05) is 19.6 Å². The van der Waals surface area contributed by atoms with E-state index in [4.69, 9.17) is 5.73 Å². The maximum Gasteiger partial charge on any atom is 0.0786 e. The van der Waals surface area contributed by atoms with Crippen LogP contribution >= 0.6 is 0 Å². The second-order valence-electron chi connectivity index (χ2n) is 5.27. The third-order valence-corrected chi connectivity index (χ3v) is 3.02. The van der Waals surface area contributed by atoms with E-state index in [0.29, 0.717) is 13.1 Å². The number of aliphatic hydroxyl groups excluding tert-OH is 1. The molecule has 4 N–H and O–H groups in total. The number of aliphatic hydroxyl groups is 1. The minimum Gasteiger partial charge on any atom is -0.390 e. The summed E-state index contributed by atoms with van der Waals surface area (Å²) in [6, 6.07) is 8.54. The van der Waals surface area contributed by atoms with Crippen LogP contribution < -0.4 is 11.1 Å². The summed E-state index contributed by atoms with van der Waals surface area (Å²) in [5.41, 5.74) is 8.01. The molecule has 0 aliphatic heterocycles. The van der Waals surface area contributed by atoms with Gasteiger partial charge in [-0.2, -0.15) is 0 Å². The molecule has 0 amide bonds. The Hall–Kier alpha value is -0.900. The molecule has 17 heavy (non-hydrogen) atoms. The zero-order valence-corrected chi connectivity index (χ0v) is 11.0. The van der Waals surface area contributed by atoms with Crippen LogP contribution in [0, 0.1) is 6.92 Å². The zero-order chi connectivity index (χ0) is 12.9. The van der Waals surface area contributed by atoms with Crippen LogP contribution in [-0.4, -0.2) is 30.8 Å². The van der Waals surface area contributed by atoms with Crippen molar-refractivity contribution in [3.05, 3.63) is 35.4 Å². The highest BCUT2D eigenvalue weighted by atomic mass is 16.3. The minimum absolute atomic E-state index is 0.0559. The Bertz CT molecular complexity index is 350. The first-order valence-electron chi connectivity index (χ1n) is 6.11. The van der Waals surface area contributed by atoms with Crippen molar-refractivity contribution in [3.63, 3.8) is 0 Å². The molecule has 0 bridgehead atoms. The number of nitrogens with two attached hydrogens (primary N) is 1. The van der Waals surface area contributed by atoms with Crippen LogP contribution in [0.25, 0.3) is 0 Å². The highest BCUT2D eigenvalue weighted by Gasteiger charge is 2.20. The normalized spacial score (nSPS) is 13.7. The molecule has 1 unspecified atom stereocenters. The molecule has 96 valence electrons. The summed E-state index contributed by atoms with van der Waals surface area (Å²) in [4.78, 5) is 0. The van der Waals surface area contributed by atoms with Gasteiger partial charge in [0.15, 0.2) is 0 Å². The van der Waals surface area contributed by atoms with Crippen LogP contribution in [-0.2, 0) is 5.41 Å². The van der Waals surface area contributed by atoms with Crippen molar-refractivity contribution >= 4 is 0 Å². The fourth-order valence-corrected chi connectivity index (χ4v) is 1.80. The molecule has 0 aliphatic carbocycles. The van der Waals surface area contributed by atoms with Gasteiger partial charge in [-0.15, -0.1) is 0 Å². The molecule has 0 spiro atoms. The van der Waals surface area contributed by atoms with Crippen LogP contribution in [0.15, 0.2) is 24.3 Å². The number of aryl methyl sites for hydroxylation is 1. The first-order chi connectivity index (χ1) is 7.95. The predicted molar refractivity (Wildman–Crippen MR) is 72.1 cm³/mol. The number of hydrogen-bond donors (Lipinski definition) is 3. The van der Waals surface area contributed by atoms with Crippen molar-refractivity contribution < 1.29 is 5.11 Å². The van der Waals surface area contributed by atoms with E-state index in [-0.39, 0.29) is 5.41 Å². The smallest absolute Gasteiger partial charge is 0.0786 e. The fraction of sp³-hybridized carbons (Fsp3) is 0.571. The Morgan fingerprint density at radius 3 is 2.71 bits per heavy atom. The molecule has 1 rings (SSSR count). The van der Waals surface area contributed by atoms with Gasteiger partial charge in [-0.25, -0.2) is 0 Å². The quantitative estimate of drug-likeness (QED) is 0.695. The third kappa shape index (κ3) is 4.46. The zero-order valence-electron chi connectivity index (χ0n) is 11.0. The summed E-state index contributed by atoms with van der Waals surface area (Å²) in [5.74, 6) is 0. The summed E-state index contributed by atoms with van der Waals surface area (Å²) in [7, 11) is 0. The second-order valence-corrected chi connectivity index (χ2v) is 5.27. The van der Waals surface area contributed by atoms with Crippen molar-refractivity contribution in [2.45, 2.75) is 32.3 Å². The lowest BCUT2D eigenvalue weighted by Crippen LogP contribution is -2.39. The van der Waals surface area contributed by atoms with Gasteiger partial charge in [0, 0.05) is 25.0 Å². The summed E-state index contributed by atoms with van der Waals surface area (Å²) < 4.78 is 0. The SMILES string of the molecule is Cc1cccc(C(C)(C)CNCC(O)CN)c1. The molecule has 1 aromatic carbocycles. The predicted octanol–water partition coefficient (Wildman–Crippen LogP) is 1.18. The van der Waals surface area contributed by atoms with Crippen molar-refractivity contribution in [3.8, 4) is 0 Å². The Morgan fingerprint density at radius 2 is 2.12 bits per heavy atom. The Morgan fingerprint density at radius 1 is 1.41 bits per heavy atom. The third-order valence-electron chi connectivity index (χ3n) is 3.02. The molecule has 0 aromatic heterocycles. The van der Waals surface area contributed by atoms with Gasteiger partial charge in [-0.3, -0.25) is 0 Å². The maximum atomic E-state index is 9.38. The lowest BCUT2D eigenvalue weighted by molar-refractivity contribution is 0.177. The highest BCUT2D eigenvalue weighted by molar-refractivity contribution is 5.28. The summed E-state index contributed by atoms with van der Waals surface area (Å²) in [5, 5.41) is 12.6. The average molecular weight is 236 g/mol. The summed E-state index contributed by atoms with van der Waals surface area (Å²) in [6.45, 7) is 8.18. The summed E-state index contributed by atoms with van der Waals surface area (Å²) >= 11 is 0. The minimum atomic E-state index is -0.455. The van der Waals surface area contributed by atoms with E-state index in [1.807, 2.05) is 0 Å². The van der Waals surface area contributed by atoms with E-state index in [9.17, 15) is 5.11 Å². The van der Waals surface area contributed by atoms with Gasteiger partial charge in [0.05, 0.1) is 6.10 Å². The Labute approximate surface area is 104 Å². The molecule has 3 nitrogen and oxygen atoms in total. The molecule has 0 fully saturated rings. The Balaban J connectivity index is 2.56. The van der Waals surface area contributed by atoms with E-state index < -0.39 is 6.10 Å². The number of hydrogen-bond acceptors (Lipinski definition) is 3. The monoisotopic (exact) mass is 236 g/mol. The molecular weight excluding hydrogens is 212 g/mol. The topological polar surface area (TPSA) is 58.3 Å². The molecule has 0 saturated carbocycles. The van der Waals surface area contributed by atoms with Gasteiger partial charge < -0.3 is 16.2 Å². The van der Waals surface area contributed by atoms with Crippen molar-refractivity contribution in [1.82, 2.24) is 5.32 Å². The average Bonchev–Trinajstić information content (AvgIpc) is 2.28. The van der Waals surface area contributed by atoms with E-state index in [0.717, 1.165) is 6.54 Å². The second kappa shape index (κ2) is 6.15. The van der Waals surface area contributed by atoms with Gasteiger partial charge in [-0.1, -0.05) is 43.7 Å². The van der Waals surface area contributed by atoms with Crippen molar-refractivity contribution in [1.29, 1.82) is 0 Å². The molecule has 0 heterocycles. The van der Waals surface area contributed by atoms with Gasteiger partial charge in [0.2, 0.25) is 0 Å².